The molecule has 0 amide bonds. The molecule has 0 unspecified atom stereocenters. The van der Waals surface area contributed by atoms with E-state index in [0.717, 1.165) is 22.2 Å². The monoisotopic (exact) mass is 266 g/mol. The molecule has 92 valence electrons. The van der Waals surface area contributed by atoms with E-state index >= 15 is 0 Å². The van der Waals surface area contributed by atoms with Gasteiger partial charge in [0.05, 0.1) is 11.0 Å². The normalized spacial score (nSPS) is 11.2. The zero-order valence-electron chi connectivity index (χ0n) is 9.98. The van der Waals surface area contributed by atoms with E-state index in [-0.39, 0.29) is 5.78 Å². The lowest BCUT2D eigenvalue weighted by atomic mass is 10.1. The maximum absolute atomic E-state index is 11.8. The fourth-order valence-electron chi connectivity index (χ4n) is 1.76. The molecule has 0 spiro atoms. The summed E-state index contributed by atoms with van der Waals surface area (Å²) in [5.41, 5.74) is 3.34. The molecule has 0 N–H and O–H groups in total. The molecule has 4 heteroatoms. The van der Waals surface area contributed by atoms with Crippen LogP contribution in [0, 0.1) is 0 Å². The number of hydrogen-bond donors (Lipinski definition) is 0. The predicted molar refractivity (Wildman–Crippen MR) is 77.2 cm³/mol. The standard InChI is InChI=1S/C15H10N2OS/c18-15(12-5-8-19-10-12)4-2-11-1-3-13-14(9-11)17-7-6-16-13/h1-10H. The summed E-state index contributed by atoms with van der Waals surface area (Å²) in [5.74, 6) is 0.0143. The second-order valence-electron chi connectivity index (χ2n) is 4.01. The average Bonchev–Trinajstić information content (AvgIpc) is 2.99. The Hall–Kier alpha value is -2.33. The predicted octanol–water partition coefficient (Wildman–Crippen LogP) is 3.59. The molecule has 0 saturated heterocycles. The molecule has 0 aliphatic carbocycles. The third kappa shape index (κ3) is 2.58. The number of benzene rings is 1. The van der Waals surface area contributed by atoms with Crippen LogP contribution in [-0.4, -0.2) is 15.8 Å². The van der Waals surface area contributed by atoms with Gasteiger partial charge in [-0.25, -0.2) is 0 Å². The van der Waals surface area contributed by atoms with Crippen LogP contribution in [0.2, 0.25) is 0 Å². The van der Waals surface area contributed by atoms with Gasteiger partial charge in [0.25, 0.3) is 0 Å². The zero-order chi connectivity index (χ0) is 13.1. The van der Waals surface area contributed by atoms with Crippen molar-refractivity contribution in [1.82, 2.24) is 9.97 Å². The fraction of sp³-hybridized carbons (Fsp3) is 0. The Bertz CT molecular complexity index is 748. The first-order valence-electron chi connectivity index (χ1n) is 5.78. The van der Waals surface area contributed by atoms with Crippen molar-refractivity contribution in [3.8, 4) is 0 Å². The highest BCUT2D eigenvalue weighted by Gasteiger charge is 2.01. The van der Waals surface area contributed by atoms with Crippen molar-refractivity contribution >= 4 is 34.2 Å². The lowest BCUT2D eigenvalue weighted by molar-refractivity contribution is 0.104. The lowest BCUT2D eigenvalue weighted by Crippen LogP contribution is -1.90. The third-order valence-corrected chi connectivity index (χ3v) is 3.41. The molecule has 3 nitrogen and oxygen atoms in total. The van der Waals surface area contributed by atoms with Crippen LogP contribution in [-0.2, 0) is 0 Å². The van der Waals surface area contributed by atoms with Gasteiger partial charge in [0.1, 0.15) is 0 Å². The summed E-state index contributed by atoms with van der Waals surface area (Å²) in [7, 11) is 0. The number of hydrogen-bond acceptors (Lipinski definition) is 4. The van der Waals surface area contributed by atoms with E-state index in [1.807, 2.05) is 35.0 Å². The molecule has 19 heavy (non-hydrogen) atoms. The van der Waals surface area contributed by atoms with E-state index in [2.05, 4.69) is 9.97 Å². The van der Waals surface area contributed by atoms with Crippen molar-refractivity contribution in [1.29, 1.82) is 0 Å². The van der Waals surface area contributed by atoms with Crippen molar-refractivity contribution in [3.63, 3.8) is 0 Å². The highest BCUT2D eigenvalue weighted by atomic mass is 32.1. The van der Waals surface area contributed by atoms with E-state index in [9.17, 15) is 4.79 Å². The largest absolute Gasteiger partial charge is 0.289 e. The molecule has 0 aliphatic rings. The van der Waals surface area contributed by atoms with Crippen LogP contribution in [0.15, 0.2) is 53.5 Å². The van der Waals surface area contributed by atoms with Gasteiger partial charge >= 0.3 is 0 Å². The summed E-state index contributed by atoms with van der Waals surface area (Å²) in [6, 6.07) is 7.56. The first-order chi connectivity index (χ1) is 9.33. The van der Waals surface area contributed by atoms with Gasteiger partial charge in [-0.15, -0.1) is 0 Å². The average molecular weight is 266 g/mol. The second kappa shape index (κ2) is 5.12. The van der Waals surface area contributed by atoms with Gasteiger partial charge in [-0.05, 0) is 35.2 Å². The number of rotatable bonds is 3. The van der Waals surface area contributed by atoms with Gasteiger partial charge in [0, 0.05) is 23.3 Å². The van der Waals surface area contributed by atoms with E-state index < -0.39 is 0 Å². The molecule has 1 aromatic carbocycles. The maximum atomic E-state index is 11.8. The van der Waals surface area contributed by atoms with Gasteiger partial charge in [-0.1, -0.05) is 12.1 Å². The minimum Gasteiger partial charge on any atom is -0.289 e. The molecule has 0 atom stereocenters. The quantitative estimate of drug-likeness (QED) is 0.537. The summed E-state index contributed by atoms with van der Waals surface area (Å²) in [6.45, 7) is 0. The number of allylic oxidation sites excluding steroid dienone is 1. The molecule has 0 fully saturated rings. The van der Waals surface area contributed by atoms with Gasteiger partial charge < -0.3 is 0 Å². The first-order valence-corrected chi connectivity index (χ1v) is 6.72. The van der Waals surface area contributed by atoms with Crippen LogP contribution < -0.4 is 0 Å². The number of aromatic nitrogens is 2. The molecule has 2 heterocycles. The SMILES string of the molecule is O=C(C=Cc1ccc2nccnc2c1)c1ccsc1. The molecule has 0 aliphatic heterocycles. The molecule has 0 saturated carbocycles. The van der Waals surface area contributed by atoms with Crippen molar-refractivity contribution in [2.75, 3.05) is 0 Å². The Kier molecular flexibility index (Phi) is 3.16. The van der Waals surface area contributed by atoms with Gasteiger partial charge in [-0.3, -0.25) is 14.8 Å². The second-order valence-corrected chi connectivity index (χ2v) is 4.79. The Morgan fingerprint density at radius 3 is 2.74 bits per heavy atom. The molecule has 3 aromatic rings. The molecule has 3 rings (SSSR count). The van der Waals surface area contributed by atoms with Crippen LogP contribution in [0.4, 0.5) is 0 Å². The smallest absolute Gasteiger partial charge is 0.186 e. The number of fused-ring (bicyclic) bond motifs is 1. The summed E-state index contributed by atoms with van der Waals surface area (Å²) in [4.78, 5) is 20.3. The highest BCUT2D eigenvalue weighted by Crippen LogP contribution is 2.13. The molecule has 0 bridgehead atoms. The van der Waals surface area contributed by atoms with Crippen LogP contribution in [0.1, 0.15) is 15.9 Å². The summed E-state index contributed by atoms with van der Waals surface area (Å²) in [5, 5.41) is 3.74. The Balaban J connectivity index is 1.87. The van der Waals surface area contributed by atoms with Crippen molar-refractivity contribution in [2.24, 2.45) is 0 Å². The first kappa shape index (κ1) is 11.7. The lowest BCUT2D eigenvalue weighted by Gasteiger charge is -1.97. The summed E-state index contributed by atoms with van der Waals surface area (Å²) in [6.07, 6.45) is 6.71. The number of ketones is 1. The van der Waals surface area contributed by atoms with Crippen molar-refractivity contribution in [3.05, 3.63) is 64.6 Å². The van der Waals surface area contributed by atoms with Crippen molar-refractivity contribution in [2.45, 2.75) is 0 Å². The number of carbonyl (C=O) groups excluding carboxylic acids is 1. The number of carbonyl (C=O) groups is 1. The highest BCUT2D eigenvalue weighted by molar-refractivity contribution is 7.08. The summed E-state index contributed by atoms with van der Waals surface area (Å²) >= 11 is 1.52. The minimum absolute atomic E-state index is 0.0143. The Labute approximate surface area is 114 Å². The fourth-order valence-corrected chi connectivity index (χ4v) is 2.40. The summed E-state index contributed by atoms with van der Waals surface area (Å²) < 4.78 is 0. The molecular formula is C15H10N2OS. The van der Waals surface area contributed by atoms with E-state index in [1.54, 1.807) is 24.5 Å². The van der Waals surface area contributed by atoms with Gasteiger partial charge in [0.15, 0.2) is 5.78 Å². The Morgan fingerprint density at radius 2 is 1.95 bits per heavy atom. The van der Waals surface area contributed by atoms with E-state index in [4.69, 9.17) is 0 Å². The minimum atomic E-state index is 0.0143. The van der Waals surface area contributed by atoms with Gasteiger partial charge in [-0.2, -0.15) is 11.3 Å². The number of thiophene rings is 1. The molecule has 2 aromatic heterocycles. The van der Waals surface area contributed by atoms with Gasteiger partial charge in [0.2, 0.25) is 0 Å². The van der Waals surface area contributed by atoms with Crippen LogP contribution in [0.5, 0.6) is 0 Å². The van der Waals surface area contributed by atoms with E-state index in [1.165, 1.54) is 11.3 Å². The van der Waals surface area contributed by atoms with Crippen molar-refractivity contribution < 1.29 is 4.79 Å². The molecular weight excluding hydrogens is 256 g/mol. The number of nitrogens with zero attached hydrogens (tertiary/aromatic N) is 2. The molecule has 0 radical (unpaired) electrons. The maximum Gasteiger partial charge on any atom is 0.186 e. The van der Waals surface area contributed by atoms with Crippen LogP contribution in [0.3, 0.4) is 0 Å². The Morgan fingerprint density at radius 1 is 1.11 bits per heavy atom. The zero-order valence-corrected chi connectivity index (χ0v) is 10.8. The topological polar surface area (TPSA) is 42.9 Å². The van der Waals surface area contributed by atoms with Crippen LogP contribution >= 0.6 is 11.3 Å². The van der Waals surface area contributed by atoms with Crippen LogP contribution in [0.25, 0.3) is 17.1 Å². The third-order valence-electron chi connectivity index (χ3n) is 2.73. The van der Waals surface area contributed by atoms with E-state index in [0.29, 0.717) is 0 Å².